The number of rotatable bonds is 3. The molecule has 0 atom stereocenters. The average molecular weight is 513 g/mol. The average Bonchev–Trinajstić information content (AvgIpc) is 3.32. The van der Waals surface area contributed by atoms with E-state index in [4.69, 9.17) is 9.97 Å². The number of hydrogen-bond donors (Lipinski definition) is 0. The molecule has 40 heavy (non-hydrogen) atoms. The highest BCUT2D eigenvalue weighted by atomic mass is 15.2. The molecule has 8 rings (SSSR count). The van der Waals surface area contributed by atoms with Gasteiger partial charge in [0.25, 0.3) is 0 Å². The van der Waals surface area contributed by atoms with Crippen LogP contribution in [0.25, 0.3) is 51.2 Å². The van der Waals surface area contributed by atoms with Crippen LogP contribution in [0.1, 0.15) is 11.1 Å². The summed E-state index contributed by atoms with van der Waals surface area (Å²) in [5.74, 6) is 0.870. The molecular weight excluding hydrogens is 488 g/mol. The lowest BCUT2D eigenvalue weighted by atomic mass is 10.1. The Bertz CT molecular complexity index is 2010. The number of anilines is 3. The first-order chi connectivity index (χ1) is 19.8. The number of hydrogen-bond acceptors (Lipinski definition) is 3. The van der Waals surface area contributed by atoms with Crippen molar-refractivity contribution in [3.8, 4) is 17.1 Å². The van der Waals surface area contributed by atoms with Crippen molar-refractivity contribution in [2.24, 2.45) is 0 Å². The molecule has 7 aromatic rings. The minimum Gasteiger partial charge on any atom is -0.309 e. The van der Waals surface area contributed by atoms with Crippen LogP contribution in [0, 0.1) is 0 Å². The van der Waals surface area contributed by atoms with Gasteiger partial charge in [-0.05, 0) is 71.1 Å². The van der Waals surface area contributed by atoms with E-state index in [1.165, 1.54) is 16.5 Å². The van der Waals surface area contributed by atoms with E-state index in [0.717, 1.165) is 50.7 Å². The lowest BCUT2D eigenvalue weighted by Gasteiger charge is -2.27. The van der Waals surface area contributed by atoms with Crippen LogP contribution >= 0.6 is 0 Å². The molecule has 4 heteroatoms. The summed E-state index contributed by atoms with van der Waals surface area (Å²) in [7, 11) is 0. The molecular formula is C36H24N4. The van der Waals surface area contributed by atoms with E-state index in [9.17, 15) is 0 Å². The fourth-order valence-corrected chi connectivity index (χ4v) is 5.75. The molecule has 3 heterocycles. The van der Waals surface area contributed by atoms with Crippen LogP contribution in [0.4, 0.5) is 17.1 Å². The van der Waals surface area contributed by atoms with Gasteiger partial charge in [-0.3, -0.25) is 4.57 Å². The molecule has 0 saturated heterocycles. The Kier molecular flexibility index (Phi) is 5.10. The van der Waals surface area contributed by atoms with E-state index < -0.39 is 0 Å². The zero-order valence-corrected chi connectivity index (χ0v) is 21.6. The normalized spacial score (nSPS) is 12.3. The Morgan fingerprint density at radius 2 is 1.18 bits per heavy atom. The van der Waals surface area contributed by atoms with Gasteiger partial charge in [-0.1, -0.05) is 84.9 Å². The van der Waals surface area contributed by atoms with E-state index >= 15 is 0 Å². The predicted octanol–water partition coefficient (Wildman–Crippen LogP) is 9.19. The van der Waals surface area contributed by atoms with Crippen molar-refractivity contribution in [1.82, 2.24) is 14.5 Å². The minimum atomic E-state index is 0.847. The van der Waals surface area contributed by atoms with Crippen molar-refractivity contribution in [3.63, 3.8) is 0 Å². The monoisotopic (exact) mass is 512 g/mol. The Morgan fingerprint density at radius 1 is 0.525 bits per heavy atom. The third-order valence-electron chi connectivity index (χ3n) is 7.61. The second-order valence-corrected chi connectivity index (χ2v) is 9.95. The molecule has 188 valence electrons. The summed E-state index contributed by atoms with van der Waals surface area (Å²) in [6, 6.07) is 44.6. The summed E-state index contributed by atoms with van der Waals surface area (Å²) in [6.45, 7) is 0. The largest absolute Gasteiger partial charge is 0.309 e. The van der Waals surface area contributed by atoms with Crippen molar-refractivity contribution in [2.45, 2.75) is 0 Å². The van der Waals surface area contributed by atoms with Gasteiger partial charge < -0.3 is 4.90 Å². The van der Waals surface area contributed by atoms with E-state index in [1.807, 2.05) is 18.3 Å². The van der Waals surface area contributed by atoms with E-state index in [1.54, 1.807) is 0 Å². The minimum absolute atomic E-state index is 0.847. The van der Waals surface area contributed by atoms with Crippen molar-refractivity contribution in [3.05, 3.63) is 145 Å². The van der Waals surface area contributed by atoms with Crippen molar-refractivity contribution < 1.29 is 0 Å². The highest BCUT2D eigenvalue weighted by Gasteiger charge is 2.21. The van der Waals surface area contributed by atoms with Crippen LogP contribution in [0.15, 0.2) is 134 Å². The summed E-state index contributed by atoms with van der Waals surface area (Å²) in [4.78, 5) is 12.2. The smallest absolute Gasteiger partial charge is 0.164 e. The summed E-state index contributed by atoms with van der Waals surface area (Å²) < 4.78 is 2.19. The topological polar surface area (TPSA) is 34.0 Å². The molecule has 0 radical (unpaired) electrons. The van der Waals surface area contributed by atoms with Crippen molar-refractivity contribution in [2.75, 3.05) is 4.90 Å². The van der Waals surface area contributed by atoms with Crippen LogP contribution in [-0.2, 0) is 0 Å². The van der Waals surface area contributed by atoms with Gasteiger partial charge in [-0.15, -0.1) is 0 Å². The number of nitrogens with zero attached hydrogens (tertiary/aromatic N) is 4. The molecule has 5 aromatic carbocycles. The quantitative estimate of drug-likeness (QED) is 0.237. The van der Waals surface area contributed by atoms with Crippen molar-refractivity contribution >= 4 is 51.2 Å². The lowest BCUT2D eigenvalue weighted by Crippen LogP contribution is -2.11. The van der Waals surface area contributed by atoms with Gasteiger partial charge in [0.15, 0.2) is 5.65 Å². The Morgan fingerprint density at radius 3 is 1.95 bits per heavy atom. The molecule has 1 aliphatic rings. The molecule has 0 bridgehead atoms. The SMILES string of the molecule is C1=Cc2ccccc2N(c2ccc(-c3nc4cccnc4n3-c3cccc4ccccc34)cc2)c2ccccc21. The van der Waals surface area contributed by atoms with Crippen LogP contribution < -0.4 is 4.90 Å². The molecule has 0 fully saturated rings. The highest BCUT2D eigenvalue weighted by Crippen LogP contribution is 2.42. The standard InChI is InChI=1S/C36H24N4/c1-4-13-30-25(9-1)12-7-17-34(30)40-35(38-31-14-8-24-37-36(31)40)28-20-22-29(23-21-28)39-32-15-5-2-10-26(32)18-19-27-11-3-6-16-33(27)39/h1-24H. The van der Waals surface area contributed by atoms with Gasteiger partial charge in [0.2, 0.25) is 0 Å². The number of benzene rings is 5. The molecule has 0 amide bonds. The maximum Gasteiger partial charge on any atom is 0.164 e. The summed E-state index contributed by atoms with van der Waals surface area (Å²) in [6.07, 6.45) is 6.23. The van der Waals surface area contributed by atoms with Crippen LogP contribution in [0.2, 0.25) is 0 Å². The highest BCUT2D eigenvalue weighted by molar-refractivity contribution is 5.95. The molecule has 0 saturated carbocycles. The van der Waals surface area contributed by atoms with Crippen LogP contribution in [-0.4, -0.2) is 14.5 Å². The van der Waals surface area contributed by atoms with Gasteiger partial charge in [0.05, 0.1) is 17.1 Å². The zero-order valence-electron chi connectivity index (χ0n) is 21.6. The molecule has 0 spiro atoms. The van der Waals surface area contributed by atoms with Gasteiger partial charge in [-0.25, -0.2) is 9.97 Å². The molecule has 0 N–H and O–H groups in total. The summed E-state index contributed by atoms with van der Waals surface area (Å²) in [5, 5.41) is 2.35. The summed E-state index contributed by atoms with van der Waals surface area (Å²) >= 11 is 0. The van der Waals surface area contributed by atoms with E-state index in [-0.39, 0.29) is 0 Å². The maximum absolute atomic E-state index is 5.07. The van der Waals surface area contributed by atoms with Gasteiger partial charge >= 0.3 is 0 Å². The predicted molar refractivity (Wildman–Crippen MR) is 165 cm³/mol. The summed E-state index contributed by atoms with van der Waals surface area (Å²) in [5.41, 5.74) is 9.60. The Labute approximate surface area is 232 Å². The first-order valence-corrected chi connectivity index (χ1v) is 13.4. The van der Waals surface area contributed by atoms with Gasteiger partial charge in [0, 0.05) is 22.8 Å². The van der Waals surface area contributed by atoms with E-state index in [0.29, 0.717) is 0 Å². The molecule has 4 nitrogen and oxygen atoms in total. The Balaban J connectivity index is 1.30. The maximum atomic E-state index is 5.07. The first-order valence-electron chi connectivity index (χ1n) is 13.4. The van der Waals surface area contributed by atoms with Crippen LogP contribution in [0.5, 0.6) is 0 Å². The number of imidazole rings is 1. The van der Waals surface area contributed by atoms with Crippen LogP contribution in [0.3, 0.4) is 0 Å². The zero-order chi connectivity index (χ0) is 26.5. The number of fused-ring (bicyclic) bond motifs is 4. The third-order valence-corrected chi connectivity index (χ3v) is 7.61. The molecule has 0 aliphatic carbocycles. The second-order valence-electron chi connectivity index (χ2n) is 9.95. The number of para-hydroxylation sites is 2. The lowest BCUT2D eigenvalue weighted by molar-refractivity contribution is 1.09. The second kappa shape index (κ2) is 9.07. The molecule has 2 aromatic heterocycles. The van der Waals surface area contributed by atoms with Crippen molar-refractivity contribution in [1.29, 1.82) is 0 Å². The fourth-order valence-electron chi connectivity index (χ4n) is 5.75. The first kappa shape index (κ1) is 22.5. The molecule has 0 unspecified atom stereocenters. The van der Waals surface area contributed by atoms with E-state index in [2.05, 4.69) is 137 Å². The third kappa shape index (κ3) is 3.54. The van der Waals surface area contributed by atoms with Gasteiger partial charge in [0.1, 0.15) is 11.3 Å². The van der Waals surface area contributed by atoms with Gasteiger partial charge in [-0.2, -0.15) is 0 Å². The number of aromatic nitrogens is 3. The molecule has 1 aliphatic heterocycles. The Hall–Kier alpha value is -5.48. The fraction of sp³-hybridized carbons (Fsp3) is 0. The number of pyridine rings is 1.